The van der Waals surface area contributed by atoms with Crippen LogP contribution < -0.4 is 5.32 Å². The quantitative estimate of drug-likeness (QED) is 0.853. The molecule has 86 valence electrons. The van der Waals surface area contributed by atoms with E-state index in [1.165, 1.54) is 10.9 Å². The summed E-state index contributed by atoms with van der Waals surface area (Å²) in [4.78, 5) is 4.43. The number of aromatic nitrogens is 2. The minimum Gasteiger partial charge on any atom is -0.332 e. The first-order valence-corrected chi connectivity index (χ1v) is 5.88. The van der Waals surface area contributed by atoms with Gasteiger partial charge >= 0.3 is 0 Å². The Hall–Kier alpha value is -1.35. The van der Waals surface area contributed by atoms with E-state index in [0.717, 1.165) is 18.7 Å². The number of hydrogen-bond acceptors (Lipinski definition) is 2. The molecule has 0 aliphatic heterocycles. The van der Waals surface area contributed by atoms with Gasteiger partial charge in [0, 0.05) is 36.9 Å². The monoisotopic (exact) mass is 217 g/mol. The van der Waals surface area contributed by atoms with Crippen LogP contribution in [0.1, 0.15) is 26.3 Å². The Kier molecular flexibility index (Phi) is 3.25. The lowest BCUT2D eigenvalue weighted by atomic mass is 10.2. The number of pyridine rings is 1. The van der Waals surface area contributed by atoms with Gasteiger partial charge in [-0.3, -0.25) is 0 Å². The van der Waals surface area contributed by atoms with Crippen LogP contribution in [0.25, 0.3) is 11.0 Å². The Morgan fingerprint density at radius 1 is 1.44 bits per heavy atom. The summed E-state index contributed by atoms with van der Waals surface area (Å²) < 4.78 is 2.20. The topological polar surface area (TPSA) is 29.9 Å². The molecule has 2 aromatic rings. The molecule has 0 aromatic carbocycles. The Labute approximate surface area is 96.5 Å². The average Bonchev–Trinajstić information content (AvgIpc) is 2.65. The third-order valence-corrected chi connectivity index (χ3v) is 2.76. The highest BCUT2D eigenvalue weighted by molar-refractivity contribution is 5.80. The van der Waals surface area contributed by atoms with Crippen LogP contribution in [-0.2, 0) is 13.1 Å². The number of rotatable bonds is 4. The fourth-order valence-corrected chi connectivity index (χ4v) is 1.89. The summed E-state index contributed by atoms with van der Waals surface area (Å²) in [5.74, 6) is 0. The van der Waals surface area contributed by atoms with Crippen LogP contribution in [0.2, 0.25) is 0 Å². The van der Waals surface area contributed by atoms with Crippen LogP contribution in [0.5, 0.6) is 0 Å². The largest absolute Gasteiger partial charge is 0.332 e. The smallest absolute Gasteiger partial charge is 0.140 e. The van der Waals surface area contributed by atoms with E-state index in [9.17, 15) is 0 Å². The summed E-state index contributed by atoms with van der Waals surface area (Å²) >= 11 is 0. The maximum atomic E-state index is 4.43. The Balaban J connectivity index is 2.37. The van der Waals surface area contributed by atoms with E-state index < -0.39 is 0 Å². The molecule has 0 fully saturated rings. The van der Waals surface area contributed by atoms with Gasteiger partial charge in [0.2, 0.25) is 0 Å². The predicted molar refractivity (Wildman–Crippen MR) is 67.4 cm³/mol. The van der Waals surface area contributed by atoms with E-state index in [0.29, 0.717) is 6.04 Å². The molecule has 0 amide bonds. The van der Waals surface area contributed by atoms with Gasteiger partial charge in [-0.1, -0.05) is 13.8 Å². The maximum absolute atomic E-state index is 4.43. The standard InChI is InChI=1S/C13H19N3/c1-4-16-9-11(8-15-10(2)3)12-6-5-7-14-13(12)16/h5-7,9-10,15H,4,8H2,1-3H3. The molecule has 0 spiro atoms. The highest BCUT2D eigenvalue weighted by atomic mass is 15.0. The lowest BCUT2D eigenvalue weighted by molar-refractivity contribution is 0.589. The van der Waals surface area contributed by atoms with Crippen molar-refractivity contribution in [2.75, 3.05) is 0 Å². The van der Waals surface area contributed by atoms with Gasteiger partial charge in [0.25, 0.3) is 0 Å². The van der Waals surface area contributed by atoms with Gasteiger partial charge in [-0.05, 0) is 24.6 Å². The SMILES string of the molecule is CCn1cc(CNC(C)C)c2cccnc21. The fraction of sp³-hybridized carbons (Fsp3) is 0.462. The fourth-order valence-electron chi connectivity index (χ4n) is 1.89. The van der Waals surface area contributed by atoms with Crippen molar-refractivity contribution in [1.82, 2.24) is 14.9 Å². The molecule has 0 unspecified atom stereocenters. The van der Waals surface area contributed by atoms with Gasteiger partial charge in [-0.25, -0.2) is 4.98 Å². The number of aryl methyl sites for hydroxylation is 1. The van der Waals surface area contributed by atoms with Gasteiger partial charge < -0.3 is 9.88 Å². The average molecular weight is 217 g/mol. The number of fused-ring (bicyclic) bond motifs is 1. The highest BCUT2D eigenvalue weighted by Gasteiger charge is 2.07. The molecule has 0 atom stereocenters. The minimum atomic E-state index is 0.511. The van der Waals surface area contributed by atoms with Crippen LogP contribution in [-0.4, -0.2) is 15.6 Å². The zero-order valence-electron chi connectivity index (χ0n) is 10.2. The molecule has 16 heavy (non-hydrogen) atoms. The summed E-state index contributed by atoms with van der Waals surface area (Å²) in [6.07, 6.45) is 4.06. The van der Waals surface area contributed by atoms with Gasteiger partial charge in [0.15, 0.2) is 0 Å². The van der Waals surface area contributed by atoms with Crippen molar-refractivity contribution >= 4 is 11.0 Å². The lowest BCUT2D eigenvalue weighted by Crippen LogP contribution is -2.21. The first kappa shape index (κ1) is 11.1. The minimum absolute atomic E-state index is 0.511. The first-order valence-electron chi connectivity index (χ1n) is 5.88. The zero-order chi connectivity index (χ0) is 11.5. The molecule has 3 heteroatoms. The highest BCUT2D eigenvalue weighted by Crippen LogP contribution is 2.19. The zero-order valence-corrected chi connectivity index (χ0v) is 10.2. The molecule has 0 saturated carbocycles. The summed E-state index contributed by atoms with van der Waals surface area (Å²) in [5, 5.41) is 4.71. The van der Waals surface area contributed by atoms with Gasteiger partial charge in [-0.2, -0.15) is 0 Å². The summed E-state index contributed by atoms with van der Waals surface area (Å²) in [6, 6.07) is 4.66. The van der Waals surface area contributed by atoms with Crippen molar-refractivity contribution in [3.8, 4) is 0 Å². The molecule has 0 radical (unpaired) electrons. The first-order chi connectivity index (χ1) is 7.72. The van der Waals surface area contributed by atoms with Crippen molar-refractivity contribution in [3.05, 3.63) is 30.1 Å². The summed E-state index contributed by atoms with van der Waals surface area (Å²) in [7, 11) is 0. The van der Waals surface area contributed by atoms with Crippen molar-refractivity contribution in [3.63, 3.8) is 0 Å². The van der Waals surface area contributed by atoms with Crippen LogP contribution in [0.4, 0.5) is 0 Å². The predicted octanol–water partition coefficient (Wildman–Crippen LogP) is 2.55. The molecule has 2 heterocycles. The van der Waals surface area contributed by atoms with E-state index in [2.05, 4.69) is 47.9 Å². The van der Waals surface area contributed by atoms with Gasteiger partial charge in [0.1, 0.15) is 5.65 Å². The van der Waals surface area contributed by atoms with Crippen LogP contribution in [0, 0.1) is 0 Å². The van der Waals surface area contributed by atoms with Crippen molar-refractivity contribution in [2.24, 2.45) is 0 Å². The maximum Gasteiger partial charge on any atom is 0.140 e. The van der Waals surface area contributed by atoms with Crippen molar-refractivity contribution in [1.29, 1.82) is 0 Å². The van der Waals surface area contributed by atoms with Crippen molar-refractivity contribution < 1.29 is 0 Å². The molecule has 1 N–H and O–H groups in total. The second-order valence-electron chi connectivity index (χ2n) is 4.35. The Morgan fingerprint density at radius 3 is 2.94 bits per heavy atom. The molecule has 0 aliphatic carbocycles. The molecule has 0 saturated heterocycles. The lowest BCUT2D eigenvalue weighted by Gasteiger charge is -2.06. The van der Waals surface area contributed by atoms with E-state index >= 15 is 0 Å². The third kappa shape index (κ3) is 2.09. The van der Waals surface area contributed by atoms with E-state index in [-0.39, 0.29) is 0 Å². The second-order valence-corrected chi connectivity index (χ2v) is 4.35. The molecular weight excluding hydrogens is 198 g/mol. The van der Waals surface area contributed by atoms with Crippen molar-refractivity contribution in [2.45, 2.75) is 39.9 Å². The molecule has 2 aromatic heterocycles. The Morgan fingerprint density at radius 2 is 2.25 bits per heavy atom. The normalized spacial score (nSPS) is 11.5. The summed E-state index contributed by atoms with van der Waals surface area (Å²) in [6.45, 7) is 8.35. The molecular formula is C13H19N3. The number of hydrogen-bond donors (Lipinski definition) is 1. The van der Waals surface area contributed by atoms with Crippen LogP contribution in [0.15, 0.2) is 24.5 Å². The number of nitrogens with zero attached hydrogens (tertiary/aromatic N) is 2. The third-order valence-electron chi connectivity index (χ3n) is 2.76. The van der Waals surface area contributed by atoms with E-state index in [1.54, 1.807) is 0 Å². The molecule has 0 aliphatic rings. The molecule has 0 bridgehead atoms. The van der Waals surface area contributed by atoms with E-state index in [4.69, 9.17) is 0 Å². The second kappa shape index (κ2) is 4.66. The van der Waals surface area contributed by atoms with Crippen LogP contribution >= 0.6 is 0 Å². The number of nitrogens with one attached hydrogen (secondary N) is 1. The van der Waals surface area contributed by atoms with E-state index in [1.807, 2.05) is 12.3 Å². The van der Waals surface area contributed by atoms with Crippen LogP contribution in [0.3, 0.4) is 0 Å². The Bertz CT molecular complexity index is 471. The summed E-state index contributed by atoms with van der Waals surface area (Å²) in [5.41, 5.74) is 2.42. The molecule has 2 rings (SSSR count). The van der Waals surface area contributed by atoms with Gasteiger partial charge in [-0.15, -0.1) is 0 Å². The molecule has 3 nitrogen and oxygen atoms in total. The van der Waals surface area contributed by atoms with Gasteiger partial charge in [0.05, 0.1) is 0 Å².